The zero-order chi connectivity index (χ0) is 23.2. The molecule has 4 aliphatic rings. The third kappa shape index (κ3) is 2.59. The van der Waals surface area contributed by atoms with E-state index in [0.29, 0.717) is 34.4 Å². The molecule has 4 aliphatic carbocycles. The van der Waals surface area contributed by atoms with Crippen molar-refractivity contribution in [2.45, 2.75) is 52.0 Å². The van der Waals surface area contributed by atoms with Gasteiger partial charge in [-0.25, -0.2) is 14.8 Å². The predicted molar refractivity (Wildman–Crippen MR) is 124 cm³/mol. The van der Waals surface area contributed by atoms with Crippen LogP contribution in [0.4, 0.5) is 0 Å². The first-order chi connectivity index (χ1) is 16.4. The van der Waals surface area contributed by atoms with Crippen molar-refractivity contribution in [3.63, 3.8) is 0 Å². The van der Waals surface area contributed by atoms with Crippen molar-refractivity contribution in [2.24, 2.45) is 28.6 Å². The minimum absolute atomic E-state index is 0.0471. The van der Waals surface area contributed by atoms with Crippen LogP contribution in [0, 0.1) is 35.5 Å². The summed E-state index contributed by atoms with van der Waals surface area (Å²) in [5.74, 6) is 1.62. The number of aromatic carboxylic acids is 1. The zero-order valence-electron chi connectivity index (χ0n) is 19.3. The van der Waals surface area contributed by atoms with Gasteiger partial charge in [-0.15, -0.1) is 0 Å². The van der Waals surface area contributed by atoms with Crippen molar-refractivity contribution in [2.75, 3.05) is 6.54 Å². The lowest BCUT2D eigenvalue weighted by molar-refractivity contribution is -0.0960. The number of hydrogen-bond acceptors (Lipinski definition) is 4. The highest BCUT2D eigenvalue weighted by Gasteiger charge is 2.73. The van der Waals surface area contributed by atoms with Gasteiger partial charge in [0, 0.05) is 18.4 Å². The lowest BCUT2D eigenvalue weighted by Crippen LogP contribution is -2.57. The van der Waals surface area contributed by atoms with Crippen LogP contribution in [0.3, 0.4) is 0 Å². The summed E-state index contributed by atoms with van der Waals surface area (Å²) >= 11 is 0. The number of amides is 1. The lowest BCUT2D eigenvalue weighted by atomic mass is 9.46. The maximum atomic E-state index is 13.3. The average molecular weight is 460 g/mol. The predicted octanol–water partition coefficient (Wildman–Crippen LogP) is 3.53. The molecule has 2 N–H and O–H groups in total. The van der Waals surface area contributed by atoms with E-state index in [9.17, 15) is 14.7 Å². The average Bonchev–Trinajstić information content (AvgIpc) is 3.47. The van der Waals surface area contributed by atoms with Gasteiger partial charge in [0.2, 0.25) is 0 Å². The normalized spacial score (nSPS) is 32.7. The van der Waals surface area contributed by atoms with Crippen molar-refractivity contribution in [3.8, 4) is 0 Å². The number of pyridine rings is 1. The fourth-order valence-electron chi connectivity index (χ4n) is 8.55. The highest BCUT2D eigenvalue weighted by atomic mass is 16.4. The van der Waals surface area contributed by atoms with Crippen LogP contribution in [-0.4, -0.2) is 42.5 Å². The molecule has 176 valence electrons. The Balaban J connectivity index is 1.12. The van der Waals surface area contributed by atoms with E-state index in [2.05, 4.69) is 15.3 Å². The van der Waals surface area contributed by atoms with Crippen molar-refractivity contribution in [1.29, 1.82) is 0 Å². The molecule has 3 bridgehead atoms. The number of rotatable bonds is 6. The third-order valence-electron chi connectivity index (χ3n) is 9.74. The Kier molecular flexibility index (Phi) is 3.99. The number of hydrogen-bond donors (Lipinski definition) is 2. The van der Waals surface area contributed by atoms with Crippen LogP contribution in [0.1, 0.15) is 70.9 Å². The van der Waals surface area contributed by atoms with Crippen LogP contribution in [-0.2, 0) is 6.54 Å². The SMILES string of the molecule is Cc1c(C(=O)O)ncn1Cc1cn2c(C(=O)NCC34CC5CC6CC(C3)C4(C6)C5)cccc2n1. The summed E-state index contributed by atoms with van der Waals surface area (Å²) in [4.78, 5) is 33.3. The number of nitrogens with one attached hydrogen (secondary N) is 1. The van der Waals surface area contributed by atoms with Crippen LogP contribution >= 0.6 is 0 Å². The van der Waals surface area contributed by atoms with Gasteiger partial charge in [-0.05, 0) is 86.2 Å². The molecule has 34 heavy (non-hydrogen) atoms. The Bertz CT molecular complexity index is 1350. The fourth-order valence-corrected chi connectivity index (χ4v) is 8.55. The van der Waals surface area contributed by atoms with E-state index in [1.165, 1.54) is 44.9 Å². The molecular formula is C26H29N5O3. The van der Waals surface area contributed by atoms with Crippen LogP contribution in [0.15, 0.2) is 30.7 Å². The molecule has 0 radical (unpaired) electrons. The zero-order valence-corrected chi connectivity index (χ0v) is 19.3. The first kappa shape index (κ1) is 20.2. The Morgan fingerprint density at radius 2 is 2.03 bits per heavy atom. The minimum Gasteiger partial charge on any atom is -0.476 e. The van der Waals surface area contributed by atoms with Crippen LogP contribution < -0.4 is 5.32 Å². The Hall–Kier alpha value is -3.16. The van der Waals surface area contributed by atoms with E-state index in [1.807, 2.05) is 28.8 Å². The summed E-state index contributed by atoms with van der Waals surface area (Å²) in [5, 5.41) is 12.6. The van der Waals surface area contributed by atoms with Gasteiger partial charge in [0.25, 0.3) is 5.91 Å². The molecule has 3 aromatic heterocycles. The molecule has 0 aliphatic heterocycles. The number of carboxylic acids is 1. The summed E-state index contributed by atoms with van der Waals surface area (Å²) in [6.07, 6.45) is 11.6. The van der Waals surface area contributed by atoms with E-state index in [4.69, 9.17) is 0 Å². The second-order valence-electron chi connectivity index (χ2n) is 11.3. The maximum absolute atomic E-state index is 13.3. The second-order valence-corrected chi connectivity index (χ2v) is 11.3. The standard InChI is InChI=1S/C26H29N5O3/c1-15-22(24(33)34)28-14-30(15)11-19-12-31-20(3-2-4-21(31)29-19)23(32)27-13-25-7-17-5-16-6-18(10-25)26(25,8-16)9-17/h2-4,12,14,16-18H,5-11,13H2,1H3,(H,27,32)(H,33,34). The van der Waals surface area contributed by atoms with E-state index >= 15 is 0 Å². The van der Waals surface area contributed by atoms with E-state index < -0.39 is 5.97 Å². The molecule has 0 saturated heterocycles. The minimum atomic E-state index is -1.04. The maximum Gasteiger partial charge on any atom is 0.356 e. The smallest absolute Gasteiger partial charge is 0.356 e. The lowest BCUT2D eigenvalue weighted by Gasteiger charge is -2.59. The first-order valence-electron chi connectivity index (χ1n) is 12.4. The fraction of sp³-hybridized carbons (Fsp3) is 0.538. The molecule has 8 heteroatoms. The highest BCUT2D eigenvalue weighted by molar-refractivity contribution is 5.93. The molecule has 4 fully saturated rings. The van der Waals surface area contributed by atoms with Crippen molar-refractivity contribution in [1.82, 2.24) is 24.3 Å². The Labute approximate surface area is 197 Å². The highest BCUT2D eigenvalue weighted by Crippen LogP contribution is 2.81. The Morgan fingerprint density at radius 3 is 2.85 bits per heavy atom. The van der Waals surface area contributed by atoms with Crippen molar-refractivity contribution < 1.29 is 14.7 Å². The first-order valence-corrected chi connectivity index (χ1v) is 12.4. The molecular weight excluding hydrogens is 430 g/mol. The number of nitrogens with zero attached hydrogens (tertiary/aromatic N) is 4. The molecule has 3 heterocycles. The molecule has 8 nitrogen and oxygen atoms in total. The molecule has 1 amide bonds. The molecule has 3 aromatic rings. The number of carbonyl (C=O) groups excluding carboxylic acids is 1. The van der Waals surface area contributed by atoms with Gasteiger partial charge < -0.3 is 15.0 Å². The van der Waals surface area contributed by atoms with Crippen LogP contribution in [0.2, 0.25) is 0 Å². The number of aromatic nitrogens is 4. The second kappa shape index (κ2) is 6.71. The van der Waals surface area contributed by atoms with Gasteiger partial charge in [-0.2, -0.15) is 0 Å². The quantitative estimate of drug-likeness (QED) is 0.587. The molecule has 5 atom stereocenters. The number of carbonyl (C=O) groups is 2. The number of fused-ring (bicyclic) bond motifs is 3. The largest absolute Gasteiger partial charge is 0.476 e. The van der Waals surface area contributed by atoms with Crippen LogP contribution in [0.5, 0.6) is 0 Å². The number of imidazole rings is 2. The van der Waals surface area contributed by atoms with Gasteiger partial charge in [-0.3, -0.25) is 9.20 Å². The third-order valence-corrected chi connectivity index (χ3v) is 9.74. The summed E-state index contributed by atoms with van der Waals surface area (Å²) in [5.41, 5.74) is 3.49. The van der Waals surface area contributed by atoms with Gasteiger partial charge in [0.1, 0.15) is 11.3 Å². The molecule has 7 rings (SSSR count). The van der Waals surface area contributed by atoms with Gasteiger partial charge in [0.15, 0.2) is 5.69 Å². The molecule has 5 unspecified atom stereocenters. The molecule has 4 saturated carbocycles. The Morgan fingerprint density at radius 1 is 1.18 bits per heavy atom. The van der Waals surface area contributed by atoms with Crippen molar-refractivity contribution >= 4 is 17.5 Å². The van der Waals surface area contributed by atoms with Gasteiger partial charge in [-0.1, -0.05) is 6.07 Å². The van der Waals surface area contributed by atoms with E-state index in [-0.39, 0.29) is 11.6 Å². The number of carboxylic acid groups (broad SMARTS) is 1. The molecule has 0 aromatic carbocycles. The summed E-state index contributed by atoms with van der Waals surface area (Å²) in [6, 6.07) is 5.60. The summed E-state index contributed by atoms with van der Waals surface area (Å²) in [6.45, 7) is 2.92. The van der Waals surface area contributed by atoms with Gasteiger partial charge in [0.05, 0.1) is 18.6 Å². The van der Waals surface area contributed by atoms with Crippen molar-refractivity contribution in [3.05, 3.63) is 53.5 Å². The topological polar surface area (TPSA) is 102 Å². The molecule has 1 spiro atoms. The monoisotopic (exact) mass is 459 g/mol. The summed E-state index contributed by atoms with van der Waals surface area (Å²) in [7, 11) is 0. The van der Waals surface area contributed by atoms with Gasteiger partial charge >= 0.3 is 5.97 Å². The van der Waals surface area contributed by atoms with E-state index in [1.54, 1.807) is 11.5 Å². The summed E-state index contributed by atoms with van der Waals surface area (Å²) < 4.78 is 3.61. The van der Waals surface area contributed by atoms with E-state index in [0.717, 1.165) is 30.0 Å². The van der Waals surface area contributed by atoms with Crippen LogP contribution in [0.25, 0.3) is 5.65 Å².